The highest BCUT2D eigenvalue weighted by Gasteiger charge is 2.43. The van der Waals surface area contributed by atoms with Crippen molar-refractivity contribution < 1.29 is 23.5 Å². The molecule has 0 radical (unpaired) electrons. The number of allylic oxidation sites excluding steroid dienone is 3. The van der Waals surface area contributed by atoms with Crippen molar-refractivity contribution in [2.75, 3.05) is 19.8 Å². The molecule has 0 saturated carbocycles. The average Bonchev–Trinajstić information content (AvgIpc) is 2.66. The van der Waals surface area contributed by atoms with E-state index in [-0.39, 0.29) is 23.4 Å². The van der Waals surface area contributed by atoms with E-state index in [0.717, 1.165) is 12.1 Å². The molecule has 1 aliphatic carbocycles. The predicted octanol–water partition coefficient (Wildman–Crippen LogP) is 4.40. The van der Waals surface area contributed by atoms with Crippen LogP contribution < -0.4 is 5.32 Å². The summed E-state index contributed by atoms with van der Waals surface area (Å²) in [4.78, 5) is 26.1. The van der Waals surface area contributed by atoms with Crippen LogP contribution in [-0.4, -0.2) is 31.6 Å². The summed E-state index contributed by atoms with van der Waals surface area (Å²) in [6.07, 6.45) is 1.89. The van der Waals surface area contributed by atoms with Crippen molar-refractivity contribution in [1.29, 1.82) is 0 Å². The normalized spacial score (nSPS) is 20.7. The SMILES string of the molecule is CCCOCCOC(=O)C1=C(C)NC2=C(C(=O)CC(C)(C)C2)[C@@H]1c1ccccc1F. The molecule has 1 atom stereocenters. The molecule has 5 nitrogen and oxygen atoms in total. The summed E-state index contributed by atoms with van der Waals surface area (Å²) in [5.41, 5.74) is 2.23. The van der Waals surface area contributed by atoms with Crippen LogP contribution in [0.4, 0.5) is 4.39 Å². The van der Waals surface area contributed by atoms with Crippen LogP contribution in [-0.2, 0) is 19.1 Å². The Labute approximate surface area is 177 Å². The van der Waals surface area contributed by atoms with E-state index in [2.05, 4.69) is 5.32 Å². The van der Waals surface area contributed by atoms with Gasteiger partial charge < -0.3 is 14.8 Å². The molecule has 1 aliphatic heterocycles. The first-order chi connectivity index (χ1) is 14.2. The smallest absolute Gasteiger partial charge is 0.336 e. The van der Waals surface area contributed by atoms with Gasteiger partial charge in [-0.1, -0.05) is 39.0 Å². The number of esters is 1. The largest absolute Gasteiger partial charge is 0.460 e. The Morgan fingerprint density at radius 2 is 1.93 bits per heavy atom. The quantitative estimate of drug-likeness (QED) is 0.528. The van der Waals surface area contributed by atoms with Crippen molar-refractivity contribution in [3.05, 3.63) is 58.2 Å². The first kappa shape index (κ1) is 22.2. The zero-order valence-electron chi connectivity index (χ0n) is 18.1. The van der Waals surface area contributed by atoms with Crippen LogP contribution in [0.3, 0.4) is 0 Å². The highest BCUT2D eigenvalue weighted by Crippen LogP contribution is 2.47. The fourth-order valence-corrected chi connectivity index (χ4v) is 4.24. The first-order valence-electron chi connectivity index (χ1n) is 10.5. The number of Topliss-reactive ketones (excluding diaryl/α,β-unsaturated/α-hetero) is 1. The molecule has 0 spiro atoms. The molecule has 0 unspecified atom stereocenters. The minimum atomic E-state index is -0.782. The zero-order chi connectivity index (χ0) is 21.9. The number of hydrogen-bond donors (Lipinski definition) is 1. The van der Waals surface area contributed by atoms with Gasteiger partial charge in [0.1, 0.15) is 12.4 Å². The lowest BCUT2D eigenvalue weighted by Crippen LogP contribution is -2.39. The van der Waals surface area contributed by atoms with Crippen LogP contribution in [0.1, 0.15) is 58.4 Å². The Hall–Kier alpha value is -2.47. The second kappa shape index (κ2) is 9.13. The van der Waals surface area contributed by atoms with E-state index in [9.17, 15) is 14.0 Å². The van der Waals surface area contributed by atoms with Gasteiger partial charge in [-0.25, -0.2) is 9.18 Å². The van der Waals surface area contributed by atoms with E-state index < -0.39 is 17.7 Å². The summed E-state index contributed by atoms with van der Waals surface area (Å²) in [6, 6.07) is 6.30. The van der Waals surface area contributed by atoms with Crippen molar-refractivity contribution in [3.8, 4) is 0 Å². The van der Waals surface area contributed by atoms with Crippen molar-refractivity contribution in [2.45, 2.75) is 52.9 Å². The summed E-state index contributed by atoms with van der Waals surface area (Å²) in [6.45, 7) is 8.84. The molecule has 2 aliphatic rings. The monoisotopic (exact) mass is 415 g/mol. The minimum absolute atomic E-state index is 0.0638. The molecule has 1 heterocycles. The molecule has 0 bridgehead atoms. The molecule has 3 rings (SSSR count). The van der Waals surface area contributed by atoms with E-state index >= 15 is 0 Å². The number of nitrogens with one attached hydrogen (secondary N) is 1. The van der Waals surface area contributed by atoms with E-state index in [0.29, 0.717) is 42.9 Å². The molecule has 1 N–H and O–H groups in total. The molecule has 0 aromatic heterocycles. The third kappa shape index (κ3) is 4.64. The molecular weight excluding hydrogens is 385 g/mol. The Morgan fingerprint density at radius 3 is 2.63 bits per heavy atom. The molecule has 162 valence electrons. The van der Waals surface area contributed by atoms with Crippen molar-refractivity contribution in [1.82, 2.24) is 5.32 Å². The number of ether oxygens (including phenoxy) is 2. The fourth-order valence-electron chi connectivity index (χ4n) is 4.24. The predicted molar refractivity (Wildman–Crippen MR) is 112 cm³/mol. The Balaban J connectivity index is 1.98. The van der Waals surface area contributed by atoms with E-state index in [4.69, 9.17) is 9.47 Å². The molecule has 1 aromatic rings. The van der Waals surface area contributed by atoms with Crippen molar-refractivity contribution in [3.63, 3.8) is 0 Å². The number of halogens is 1. The lowest BCUT2D eigenvalue weighted by molar-refractivity contribution is -0.141. The second-order valence-corrected chi connectivity index (χ2v) is 8.70. The third-order valence-corrected chi connectivity index (χ3v) is 5.49. The van der Waals surface area contributed by atoms with Crippen LogP contribution >= 0.6 is 0 Å². The number of rotatable bonds is 7. The topological polar surface area (TPSA) is 64.6 Å². The summed E-state index contributed by atoms with van der Waals surface area (Å²) >= 11 is 0. The van der Waals surface area contributed by atoms with Gasteiger partial charge in [0.05, 0.1) is 18.1 Å². The van der Waals surface area contributed by atoms with E-state index in [1.54, 1.807) is 25.1 Å². The molecule has 0 amide bonds. The van der Waals surface area contributed by atoms with Gasteiger partial charge in [-0.15, -0.1) is 0 Å². The number of ketones is 1. The average molecular weight is 416 g/mol. The van der Waals surface area contributed by atoms with Gasteiger partial charge in [-0.2, -0.15) is 0 Å². The zero-order valence-corrected chi connectivity index (χ0v) is 18.1. The molecule has 30 heavy (non-hydrogen) atoms. The van der Waals surface area contributed by atoms with Crippen LogP contribution in [0, 0.1) is 11.2 Å². The lowest BCUT2D eigenvalue weighted by Gasteiger charge is -2.39. The number of carbonyl (C=O) groups excluding carboxylic acids is 2. The summed E-state index contributed by atoms with van der Waals surface area (Å²) in [5, 5.41) is 3.25. The molecule has 0 fully saturated rings. The maximum Gasteiger partial charge on any atom is 0.336 e. The summed E-state index contributed by atoms with van der Waals surface area (Å²) < 4.78 is 25.6. The maximum atomic E-state index is 14.8. The first-order valence-corrected chi connectivity index (χ1v) is 10.5. The maximum absolute atomic E-state index is 14.8. The van der Waals surface area contributed by atoms with Gasteiger partial charge >= 0.3 is 5.97 Å². The number of dihydropyridines is 1. The van der Waals surface area contributed by atoms with Gasteiger partial charge in [-0.05, 0) is 31.2 Å². The fraction of sp³-hybridized carbons (Fsp3) is 0.500. The highest BCUT2D eigenvalue weighted by molar-refractivity contribution is 6.04. The number of benzene rings is 1. The summed E-state index contributed by atoms with van der Waals surface area (Å²) in [7, 11) is 0. The number of carbonyl (C=O) groups is 2. The van der Waals surface area contributed by atoms with Crippen molar-refractivity contribution >= 4 is 11.8 Å². The van der Waals surface area contributed by atoms with Crippen LogP contribution in [0.25, 0.3) is 0 Å². The standard InChI is InChI=1S/C24H30FNO4/c1-5-10-29-11-12-30-23(28)20-15(2)26-18-13-24(3,4)14-19(27)22(18)21(20)16-8-6-7-9-17(16)25/h6-9,21,26H,5,10-14H2,1-4H3/t21-/m1/s1. The molecular formula is C24H30FNO4. The van der Waals surface area contributed by atoms with Gasteiger partial charge in [0.25, 0.3) is 0 Å². The van der Waals surface area contributed by atoms with Crippen LogP contribution in [0.5, 0.6) is 0 Å². The minimum Gasteiger partial charge on any atom is -0.460 e. The molecule has 1 aromatic carbocycles. The van der Waals surface area contributed by atoms with Gasteiger partial charge in [0, 0.05) is 35.6 Å². The molecule has 0 saturated heterocycles. The van der Waals surface area contributed by atoms with Crippen LogP contribution in [0.15, 0.2) is 46.8 Å². The van der Waals surface area contributed by atoms with Crippen LogP contribution in [0.2, 0.25) is 0 Å². The highest BCUT2D eigenvalue weighted by atomic mass is 19.1. The van der Waals surface area contributed by atoms with Crippen molar-refractivity contribution in [2.24, 2.45) is 5.41 Å². The second-order valence-electron chi connectivity index (χ2n) is 8.70. The van der Waals surface area contributed by atoms with E-state index in [1.165, 1.54) is 6.07 Å². The van der Waals surface area contributed by atoms with Gasteiger partial charge in [0.15, 0.2) is 5.78 Å². The lowest BCUT2D eigenvalue weighted by atomic mass is 9.68. The summed E-state index contributed by atoms with van der Waals surface area (Å²) in [5.74, 6) is -1.85. The van der Waals surface area contributed by atoms with Gasteiger partial charge in [-0.3, -0.25) is 4.79 Å². The van der Waals surface area contributed by atoms with Gasteiger partial charge in [0.2, 0.25) is 0 Å². The Morgan fingerprint density at radius 1 is 1.20 bits per heavy atom. The third-order valence-electron chi connectivity index (χ3n) is 5.49. The number of hydrogen-bond acceptors (Lipinski definition) is 5. The Kier molecular flexibility index (Phi) is 6.76. The Bertz CT molecular complexity index is 900. The van der Waals surface area contributed by atoms with E-state index in [1.807, 2.05) is 20.8 Å². The molecule has 6 heteroatoms.